The van der Waals surface area contributed by atoms with Gasteiger partial charge in [-0.1, -0.05) is 6.92 Å². The number of rotatable bonds is 7. The number of aryl methyl sites for hydroxylation is 1. The third-order valence-electron chi connectivity index (χ3n) is 3.24. The highest BCUT2D eigenvalue weighted by Crippen LogP contribution is 2.29. The van der Waals surface area contributed by atoms with Crippen LogP contribution in [-0.4, -0.2) is 16.6 Å². The molecule has 6 nitrogen and oxygen atoms in total. The van der Waals surface area contributed by atoms with Gasteiger partial charge in [-0.25, -0.2) is 0 Å². The molecule has 1 aromatic heterocycles. The molecule has 0 saturated heterocycles. The van der Waals surface area contributed by atoms with Gasteiger partial charge < -0.3 is 14.6 Å². The molecule has 112 valence electrons. The molecule has 0 unspecified atom stereocenters. The van der Waals surface area contributed by atoms with Gasteiger partial charge in [0.25, 0.3) is 0 Å². The second-order valence-corrected chi connectivity index (χ2v) is 4.69. The third kappa shape index (κ3) is 3.53. The third-order valence-corrected chi connectivity index (χ3v) is 3.24. The number of hydrogen-bond acceptors (Lipinski definition) is 4. The van der Waals surface area contributed by atoms with Crippen LogP contribution in [0, 0.1) is 10.1 Å². The molecule has 1 aromatic carbocycles. The zero-order valence-corrected chi connectivity index (χ0v) is 12.2. The summed E-state index contributed by atoms with van der Waals surface area (Å²) in [4.78, 5) is 10.6. The maximum Gasteiger partial charge on any atom is 0.312 e. The lowest BCUT2D eigenvalue weighted by Gasteiger charge is -2.11. The highest BCUT2D eigenvalue weighted by atomic mass is 16.6. The SMILES string of the molecule is CCCn1cccc1CNc1ccc(OC)c([N+](=O)[O-])c1. The van der Waals surface area contributed by atoms with Gasteiger partial charge in [0.1, 0.15) is 0 Å². The van der Waals surface area contributed by atoms with Crippen molar-refractivity contribution in [3.8, 4) is 5.75 Å². The van der Waals surface area contributed by atoms with Crippen molar-refractivity contribution in [3.05, 3.63) is 52.3 Å². The van der Waals surface area contributed by atoms with E-state index < -0.39 is 4.92 Å². The summed E-state index contributed by atoms with van der Waals surface area (Å²) in [5.41, 5.74) is 1.81. The molecule has 2 aromatic rings. The molecule has 0 saturated carbocycles. The largest absolute Gasteiger partial charge is 0.490 e. The van der Waals surface area contributed by atoms with Crippen LogP contribution in [-0.2, 0) is 13.1 Å². The van der Waals surface area contributed by atoms with Crippen LogP contribution >= 0.6 is 0 Å². The van der Waals surface area contributed by atoms with Gasteiger partial charge in [-0.2, -0.15) is 0 Å². The predicted molar refractivity (Wildman–Crippen MR) is 81.7 cm³/mol. The number of aromatic nitrogens is 1. The molecule has 0 radical (unpaired) electrons. The van der Waals surface area contributed by atoms with Crippen molar-refractivity contribution in [1.82, 2.24) is 4.57 Å². The lowest BCUT2D eigenvalue weighted by Crippen LogP contribution is -2.07. The number of ether oxygens (including phenoxy) is 1. The van der Waals surface area contributed by atoms with Crippen LogP contribution < -0.4 is 10.1 Å². The maximum absolute atomic E-state index is 11.0. The molecule has 0 aliphatic rings. The van der Waals surface area contributed by atoms with E-state index in [1.165, 1.54) is 13.2 Å². The minimum atomic E-state index is -0.441. The Balaban J connectivity index is 2.11. The Kier molecular flexibility index (Phi) is 4.81. The van der Waals surface area contributed by atoms with Crippen molar-refractivity contribution in [1.29, 1.82) is 0 Å². The fourth-order valence-corrected chi connectivity index (χ4v) is 2.20. The summed E-state index contributed by atoms with van der Waals surface area (Å²) < 4.78 is 7.16. The van der Waals surface area contributed by atoms with Crippen LogP contribution in [0.4, 0.5) is 11.4 Å². The van der Waals surface area contributed by atoms with Crippen LogP contribution in [0.25, 0.3) is 0 Å². The maximum atomic E-state index is 11.0. The Morgan fingerprint density at radius 2 is 2.19 bits per heavy atom. The molecule has 0 atom stereocenters. The number of nitro benzene ring substituents is 1. The van der Waals surface area contributed by atoms with Gasteiger partial charge in [0.05, 0.1) is 18.6 Å². The molecular formula is C15H19N3O3. The first-order valence-electron chi connectivity index (χ1n) is 6.86. The van der Waals surface area contributed by atoms with Crippen molar-refractivity contribution in [2.45, 2.75) is 26.4 Å². The zero-order valence-electron chi connectivity index (χ0n) is 12.2. The number of nitrogens with one attached hydrogen (secondary N) is 1. The number of nitrogens with zero attached hydrogens (tertiary/aromatic N) is 2. The Morgan fingerprint density at radius 3 is 2.86 bits per heavy atom. The van der Waals surface area contributed by atoms with Crippen molar-refractivity contribution < 1.29 is 9.66 Å². The zero-order chi connectivity index (χ0) is 15.2. The van der Waals surface area contributed by atoms with Crippen molar-refractivity contribution in [2.75, 3.05) is 12.4 Å². The molecule has 0 aliphatic heterocycles. The van der Waals surface area contributed by atoms with Crippen molar-refractivity contribution >= 4 is 11.4 Å². The first-order valence-corrected chi connectivity index (χ1v) is 6.86. The second-order valence-electron chi connectivity index (χ2n) is 4.69. The Labute approximate surface area is 123 Å². The standard InChI is InChI=1S/C15H19N3O3/c1-3-8-17-9-4-5-13(17)11-16-12-6-7-15(21-2)14(10-12)18(19)20/h4-7,9-10,16H,3,8,11H2,1-2H3. The summed E-state index contributed by atoms with van der Waals surface area (Å²) in [6, 6.07) is 8.92. The van der Waals surface area contributed by atoms with Gasteiger partial charge in [-0.3, -0.25) is 10.1 Å². The summed E-state index contributed by atoms with van der Waals surface area (Å²) in [5, 5.41) is 14.2. The Hall–Kier alpha value is -2.50. The van der Waals surface area contributed by atoms with Crippen molar-refractivity contribution in [2.24, 2.45) is 0 Å². The summed E-state index contributed by atoms with van der Waals surface area (Å²) >= 11 is 0. The van der Waals surface area contributed by atoms with Crippen LogP contribution in [0.1, 0.15) is 19.0 Å². The molecule has 1 N–H and O–H groups in total. The topological polar surface area (TPSA) is 69.3 Å². The minimum absolute atomic E-state index is 0.0357. The summed E-state index contributed by atoms with van der Waals surface area (Å²) in [6.45, 7) is 3.72. The monoisotopic (exact) mass is 289 g/mol. The molecule has 6 heteroatoms. The summed E-state index contributed by atoms with van der Waals surface area (Å²) in [7, 11) is 1.42. The average molecular weight is 289 g/mol. The fourth-order valence-electron chi connectivity index (χ4n) is 2.20. The van der Waals surface area contributed by atoms with Gasteiger partial charge in [0, 0.05) is 30.2 Å². The minimum Gasteiger partial charge on any atom is -0.490 e. The molecular weight excluding hydrogens is 270 g/mol. The van der Waals surface area contributed by atoms with E-state index in [1.54, 1.807) is 12.1 Å². The quantitative estimate of drug-likeness (QED) is 0.626. The van der Waals surface area contributed by atoms with E-state index in [2.05, 4.69) is 16.8 Å². The number of nitro groups is 1. The fraction of sp³-hybridized carbons (Fsp3) is 0.333. The first kappa shape index (κ1) is 14.9. The van der Waals surface area contributed by atoms with Gasteiger partial charge in [-0.05, 0) is 30.7 Å². The molecule has 0 spiro atoms. The first-order chi connectivity index (χ1) is 10.2. The highest BCUT2D eigenvalue weighted by molar-refractivity contribution is 5.58. The predicted octanol–water partition coefficient (Wildman–Crippen LogP) is 3.43. The lowest BCUT2D eigenvalue weighted by molar-refractivity contribution is -0.385. The number of hydrogen-bond donors (Lipinski definition) is 1. The van der Waals surface area contributed by atoms with E-state index in [1.807, 2.05) is 18.3 Å². The van der Waals surface area contributed by atoms with E-state index in [4.69, 9.17) is 4.74 Å². The van der Waals surface area contributed by atoms with Gasteiger partial charge in [0.15, 0.2) is 5.75 Å². The van der Waals surface area contributed by atoms with Crippen LogP contribution in [0.2, 0.25) is 0 Å². The van der Waals surface area contributed by atoms with E-state index in [0.717, 1.165) is 18.7 Å². The average Bonchev–Trinajstić information content (AvgIpc) is 2.92. The number of benzene rings is 1. The van der Waals surface area contributed by atoms with Gasteiger partial charge in [-0.15, -0.1) is 0 Å². The summed E-state index contributed by atoms with van der Waals surface area (Å²) in [5.74, 6) is 0.264. The van der Waals surface area contributed by atoms with E-state index in [9.17, 15) is 10.1 Å². The second kappa shape index (κ2) is 6.78. The molecule has 0 bridgehead atoms. The molecule has 0 amide bonds. The van der Waals surface area contributed by atoms with E-state index in [-0.39, 0.29) is 11.4 Å². The highest BCUT2D eigenvalue weighted by Gasteiger charge is 2.15. The Morgan fingerprint density at radius 1 is 1.38 bits per heavy atom. The molecule has 0 aliphatic carbocycles. The molecule has 0 fully saturated rings. The molecule has 2 rings (SSSR count). The van der Waals surface area contributed by atoms with Crippen LogP contribution in [0.15, 0.2) is 36.5 Å². The van der Waals surface area contributed by atoms with Crippen LogP contribution in [0.3, 0.4) is 0 Å². The van der Waals surface area contributed by atoms with E-state index >= 15 is 0 Å². The molecule has 1 heterocycles. The Bertz CT molecular complexity index is 622. The number of anilines is 1. The molecule has 21 heavy (non-hydrogen) atoms. The number of methoxy groups -OCH3 is 1. The van der Waals surface area contributed by atoms with Gasteiger partial charge >= 0.3 is 5.69 Å². The summed E-state index contributed by atoms with van der Waals surface area (Å²) in [6.07, 6.45) is 3.10. The smallest absolute Gasteiger partial charge is 0.312 e. The van der Waals surface area contributed by atoms with Gasteiger partial charge in [0.2, 0.25) is 0 Å². The van der Waals surface area contributed by atoms with E-state index in [0.29, 0.717) is 12.2 Å². The normalized spacial score (nSPS) is 10.4. The van der Waals surface area contributed by atoms with Crippen LogP contribution in [0.5, 0.6) is 5.75 Å². The van der Waals surface area contributed by atoms with Crippen molar-refractivity contribution in [3.63, 3.8) is 0 Å². The lowest BCUT2D eigenvalue weighted by atomic mass is 10.2.